The van der Waals surface area contributed by atoms with Crippen molar-refractivity contribution in [2.24, 2.45) is 11.8 Å². The monoisotopic (exact) mass is 473 g/mol. The van der Waals surface area contributed by atoms with E-state index in [0.717, 1.165) is 36.8 Å². The van der Waals surface area contributed by atoms with E-state index in [9.17, 15) is 9.59 Å². The number of nitrogens with one attached hydrogen (secondary N) is 1. The second-order valence-electron chi connectivity index (χ2n) is 10.2. The first-order valence-corrected chi connectivity index (χ1v) is 13.1. The lowest BCUT2D eigenvalue weighted by atomic mass is 9.84. The molecule has 2 fully saturated rings. The van der Waals surface area contributed by atoms with Crippen LogP contribution < -0.4 is 5.32 Å². The zero-order valence-corrected chi connectivity index (χ0v) is 20.5. The van der Waals surface area contributed by atoms with Crippen molar-refractivity contribution in [3.63, 3.8) is 0 Å². The molecule has 1 aliphatic carbocycles. The Morgan fingerprint density at radius 2 is 1.69 bits per heavy atom. The van der Waals surface area contributed by atoms with Gasteiger partial charge >= 0.3 is 0 Å². The summed E-state index contributed by atoms with van der Waals surface area (Å²) in [6.45, 7) is 3.40. The second-order valence-corrected chi connectivity index (χ2v) is 10.2. The molecule has 2 aliphatic rings. The summed E-state index contributed by atoms with van der Waals surface area (Å²) >= 11 is 0. The topological polar surface area (TPSA) is 75.4 Å². The number of carbonyl (C=O) groups excluding carboxylic acids is 2. The summed E-state index contributed by atoms with van der Waals surface area (Å²) in [5.41, 5.74) is 2.89. The Morgan fingerprint density at radius 3 is 2.40 bits per heavy atom. The van der Waals surface area contributed by atoms with E-state index >= 15 is 0 Å². The fraction of sp³-hybridized carbons (Fsp3) is 0.483. The number of hydrogen-bond acceptors (Lipinski definition) is 4. The van der Waals surface area contributed by atoms with Crippen LogP contribution >= 0.6 is 0 Å². The highest BCUT2D eigenvalue weighted by Crippen LogP contribution is 2.29. The summed E-state index contributed by atoms with van der Waals surface area (Å²) in [5.74, 6) is 1.06. The van der Waals surface area contributed by atoms with Crippen molar-refractivity contribution >= 4 is 22.9 Å². The van der Waals surface area contributed by atoms with Crippen LogP contribution in [0.5, 0.6) is 0 Å². The van der Waals surface area contributed by atoms with Crippen molar-refractivity contribution in [1.29, 1.82) is 0 Å². The number of likely N-dealkylation sites (tertiary alicyclic amines) is 1. The summed E-state index contributed by atoms with van der Waals surface area (Å²) in [5, 5.41) is 3.31. The van der Waals surface area contributed by atoms with Crippen molar-refractivity contribution in [1.82, 2.24) is 15.2 Å². The molecule has 0 unspecified atom stereocenters. The first-order valence-electron chi connectivity index (χ1n) is 13.1. The fourth-order valence-corrected chi connectivity index (χ4v) is 5.52. The molecule has 1 atom stereocenters. The second kappa shape index (κ2) is 10.6. The van der Waals surface area contributed by atoms with Crippen LogP contribution in [-0.4, -0.2) is 40.8 Å². The zero-order valence-electron chi connectivity index (χ0n) is 20.5. The molecule has 6 heteroatoms. The van der Waals surface area contributed by atoms with Gasteiger partial charge in [0.25, 0.3) is 5.91 Å². The molecular formula is C29H35N3O3. The molecule has 3 aromatic rings. The number of piperidine rings is 1. The molecule has 1 saturated heterocycles. The van der Waals surface area contributed by atoms with Crippen LogP contribution in [-0.2, 0) is 4.79 Å². The van der Waals surface area contributed by atoms with E-state index < -0.39 is 0 Å². The average Bonchev–Trinajstić information content (AvgIpc) is 3.17. The van der Waals surface area contributed by atoms with Gasteiger partial charge in [0.05, 0.1) is 0 Å². The number of hydrogen-bond donors (Lipinski definition) is 1. The van der Waals surface area contributed by atoms with Gasteiger partial charge in [-0.1, -0.05) is 50.8 Å². The molecule has 2 amide bonds. The molecule has 0 spiro atoms. The maximum absolute atomic E-state index is 13.2. The van der Waals surface area contributed by atoms with Crippen molar-refractivity contribution in [3.05, 3.63) is 54.1 Å². The van der Waals surface area contributed by atoms with Crippen LogP contribution in [0.15, 0.2) is 52.9 Å². The predicted octanol–water partition coefficient (Wildman–Crippen LogP) is 5.82. The van der Waals surface area contributed by atoms with Crippen molar-refractivity contribution in [2.45, 2.75) is 64.3 Å². The lowest BCUT2D eigenvalue weighted by Crippen LogP contribution is -2.44. The molecule has 2 heterocycles. The fourth-order valence-electron chi connectivity index (χ4n) is 5.52. The van der Waals surface area contributed by atoms with Gasteiger partial charge in [-0.2, -0.15) is 0 Å². The minimum absolute atomic E-state index is 0.0126. The van der Waals surface area contributed by atoms with Crippen LogP contribution in [0, 0.1) is 11.8 Å². The quantitative estimate of drug-likeness (QED) is 0.474. The van der Waals surface area contributed by atoms with Crippen LogP contribution in [0.1, 0.15) is 68.6 Å². The van der Waals surface area contributed by atoms with Crippen molar-refractivity contribution < 1.29 is 14.0 Å². The smallest absolute Gasteiger partial charge is 0.253 e. The Kier molecular flexibility index (Phi) is 7.16. The summed E-state index contributed by atoms with van der Waals surface area (Å²) in [6, 6.07) is 15.6. The van der Waals surface area contributed by atoms with Crippen molar-refractivity contribution in [2.75, 3.05) is 13.1 Å². The molecule has 1 aliphatic heterocycles. The van der Waals surface area contributed by atoms with Gasteiger partial charge in [0.15, 0.2) is 5.58 Å². The summed E-state index contributed by atoms with van der Waals surface area (Å²) < 4.78 is 5.95. The van der Waals surface area contributed by atoms with E-state index in [1.165, 1.54) is 25.7 Å². The minimum Gasteiger partial charge on any atom is -0.436 e. The van der Waals surface area contributed by atoms with Crippen molar-refractivity contribution in [3.8, 4) is 11.5 Å². The number of rotatable bonds is 5. The third kappa shape index (κ3) is 5.42. The number of oxazole rings is 1. The van der Waals surface area contributed by atoms with Gasteiger partial charge in [0, 0.05) is 36.2 Å². The van der Waals surface area contributed by atoms with Gasteiger partial charge < -0.3 is 14.6 Å². The molecule has 6 nitrogen and oxygen atoms in total. The van der Waals surface area contributed by atoms with Gasteiger partial charge in [0.2, 0.25) is 11.8 Å². The maximum atomic E-state index is 13.2. The third-order valence-corrected chi connectivity index (χ3v) is 7.81. The molecule has 1 aromatic heterocycles. The van der Waals surface area contributed by atoms with Gasteiger partial charge in [-0.05, 0) is 61.9 Å². The molecule has 184 valence electrons. The number of nitrogens with zero attached hydrogens (tertiary/aromatic N) is 2. The SMILES string of the molecule is C[C@@H](C(=O)NC1CCCCCC1)C1CCN(C(=O)c2ccc3nc(-c4ccccc4)oc3c2)CC1. The summed E-state index contributed by atoms with van der Waals surface area (Å²) in [6.07, 6.45) is 8.92. The molecule has 1 N–H and O–H groups in total. The Labute approximate surface area is 207 Å². The zero-order chi connectivity index (χ0) is 24.2. The molecule has 35 heavy (non-hydrogen) atoms. The van der Waals surface area contributed by atoms with E-state index in [-0.39, 0.29) is 17.7 Å². The van der Waals surface area contributed by atoms with Crippen LogP contribution in [0.4, 0.5) is 0 Å². The van der Waals surface area contributed by atoms with E-state index in [4.69, 9.17) is 4.42 Å². The lowest BCUT2D eigenvalue weighted by molar-refractivity contribution is -0.127. The van der Waals surface area contributed by atoms with Crippen LogP contribution in [0.25, 0.3) is 22.6 Å². The molecular weight excluding hydrogens is 438 g/mol. The third-order valence-electron chi connectivity index (χ3n) is 7.81. The normalized spacial score (nSPS) is 18.8. The van der Waals surface area contributed by atoms with Gasteiger partial charge in [-0.25, -0.2) is 4.98 Å². The van der Waals surface area contributed by atoms with Gasteiger partial charge in [-0.15, -0.1) is 0 Å². The standard InChI is InChI=1S/C29H35N3O3/c1-20(27(33)30-24-11-7-2-3-8-12-24)21-15-17-32(18-16-21)29(34)23-13-14-25-26(19-23)35-28(31-25)22-9-5-4-6-10-22/h4-6,9-10,13-14,19-21,24H,2-3,7-8,11-12,15-18H2,1H3,(H,30,33)/t20-/m1/s1. The summed E-state index contributed by atoms with van der Waals surface area (Å²) in [4.78, 5) is 32.6. The Morgan fingerprint density at radius 1 is 0.971 bits per heavy atom. The molecule has 0 radical (unpaired) electrons. The number of benzene rings is 2. The number of carbonyl (C=O) groups is 2. The van der Waals surface area contributed by atoms with E-state index in [2.05, 4.69) is 17.2 Å². The molecule has 5 rings (SSSR count). The number of fused-ring (bicyclic) bond motifs is 1. The van der Waals surface area contributed by atoms with Gasteiger partial charge in [0.1, 0.15) is 5.52 Å². The minimum atomic E-state index is -0.0162. The number of amides is 2. The van der Waals surface area contributed by atoms with E-state index in [0.29, 0.717) is 42.1 Å². The highest BCUT2D eigenvalue weighted by Gasteiger charge is 2.31. The summed E-state index contributed by atoms with van der Waals surface area (Å²) in [7, 11) is 0. The van der Waals surface area contributed by atoms with Gasteiger partial charge in [-0.3, -0.25) is 9.59 Å². The molecule has 0 bridgehead atoms. The first kappa shape index (κ1) is 23.6. The molecule has 2 aromatic carbocycles. The largest absolute Gasteiger partial charge is 0.436 e. The maximum Gasteiger partial charge on any atom is 0.253 e. The Balaban J connectivity index is 1.18. The molecule has 1 saturated carbocycles. The van der Waals surface area contributed by atoms with E-state index in [1.54, 1.807) is 6.07 Å². The van der Waals surface area contributed by atoms with Crippen LogP contribution in [0.2, 0.25) is 0 Å². The Hall–Kier alpha value is -3.15. The first-order chi connectivity index (χ1) is 17.1. The van der Waals surface area contributed by atoms with Crippen LogP contribution in [0.3, 0.4) is 0 Å². The lowest BCUT2D eigenvalue weighted by Gasteiger charge is -2.35. The Bertz CT molecular complexity index is 1160. The average molecular weight is 474 g/mol. The predicted molar refractivity (Wildman–Crippen MR) is 137 cm³/mol. The highest BCUT2D eigenvalue weighted by atomic mass is 16.3. The highest BCUT2D eigenvalue weighted by molar-refractivity contribution is 5.97. The number of aromatic nitrogens is 1. The van der Waals surface area contributed by atoms with E-state index in [1.807, 2.05) is 47.4 Å².